The highest BCUT2D eigenvalue weighted by Crippen LogP contribution is 2.30. The molecule has 0 unspecified atom stereocenters. The van der Waals surface area contributed by atoms with Crippen molar-refractivity contribution < 1.29 is 27.1 Å². The molecule has 0 aliphatic carbocycles. The molecule has 0 radical (unpaired) electrons. The average Bonchev–Trinajstić information content (AvgIpc) is 2.94. The third-order valence-corrected chi connectivity index (χ3v) is 7.58. The summed E-state index contributed by atoms with van der Waals surface area (Å²) < 4.78 is 46.9. The van der Waals surface area contributed by atoms with Gasteiger partial charge in [0.05, 0.1) is 18.6 Å². The van der Waals surface area contributed by atoms with E-state index in [0.29, 0.717) is 18.0 Å². The number of nitrogens with one attached hydrogen (secondary N) is 1. The van der Waals surface area contributed by atoms with Crippen molar-refractivity contribution in [2.75, 3.05) is 30.8 Å². The number of anilines is 1. The molecule has 40 heavy (non-hydrogen) atoms. The van der Waals surface area contributed by atoms with Gasteiger partial charge in [-0.1, -0.05) is 60.7 Å². The summed E-state index contributed by atoms with van der Waals surface area (Å²) in [4.78, 5) is 28.1. The molecule has 1 N–H and O–H groups in total. The van der Waals surface area contributed by atoms with Crippen LogP contribution in [-0.4, -0.2) is 57.6 Å². The number of carbonyl (C=O) groups is 2. The van der Waals surface area contributed by atoms with Gasteiger partial charge in [-0.2, -0.15) is 0 Å². The Morgan fingerprint density at radius 3 is 2.27 bits per heavy atom. The number of ether oxygens (including phenoxy) is 1. The Bertz CT molecular complexity index is 1380. The highest BCUT2D eigenvalue weighted by atomic mass is 32.2. The lowest BCUT2D eigenvalue weighted by molar-refractivity contribution is -0.141. The molecular weight excluding hydrogens is 533 g/mol. The van der Waals surface area contributed by atoms with Gasteiger partial charge < -0.3 is 15.0 Å². The van der Waals surface area contributed by atoms with Gasteiger partial charge in [-0.05, 0) is 37.1 Å². The fourth-order valence-electron chi connectivity index (χ4n) is 4.45. The second-order valence-corrected chi connectivity index (χ2v) is 11.2. The molecule has 10 heteroatoms. The van der Waals surface area contributed by atoms with Crippen LogP contribution in [0.5, 0.6) is 5.75 Å². The van der Waals surface area contributed by atoms with Crippen LogP contribution in [0, 0.1) is 5.82 Å². The summed E-state index contributed by atoms with van der Waals surface area (Å²) in [5, 5.41) is 2.63. The van der Waals surface area contributed by atoms with E-state index in [9.17, 15) is 22.4 Å². The Morgan fingerprint density at radius 1 is 0.975 bits per heavy atom. The first kappa shape index (κ1) is 30.6. The van der Waals surface area contributed by atoms with Crippen molar-refractivity contribution in [3.05, 3.63) is 95.8 Å². The number of benzene rings is 3. The van der Waals surface area contributed by atoms with Crippen LogP contribution < -0.4 is 14.4 Å². The fourth-order valence-corrected chi connectivity index (χ4v) is 5.42. The molecular formula is C30H36FN3O5S. The maximum Gasteiger partial charge on any atom is 0.242 e. The first-order valence-electron chi connectivity index (χ1n) is 13.1. The molecule has 3 rings (SSSR count). The summed E-state index contributed by atoms with van der Waals surface area (Å²) in [7, 11) is -2.20. The molecule has 0 fully saturated rings. The van der Waals surface area contributed by atoms with Gasteiger partial charge in [-0.3, -0.25) is 13.9 Å². The van der Waals surface area contributed by atoms with Crippen LogP contribution in [0.2, 0.25) is 0 Å². The van der Waals surface area contributed by atoms with Gasteiger partial charge >= 0.3 is 0 Å². The minimum absolute atomic E-state index is 0.0194. The molecule has 0 aromatic heterocycles. The number of hydrogen-bond acceptors (Lipinski definition) is 5. The van der Waals surface area contributed by atoms with E-state index in [1.54, 1.807) is 42.5 Å². The molecule has 8 nitrogen and oxygen atoms in total. The van der Waals surface area contributed by atoms with Crippen molar-refractivity contribution in [2.24, 2.45) is 0 Å². The molecule has 2 amide bonds. The van der Waals surface area contributed by atoms with E-state index in [-0.39, 0.29) is 49.7 Å². The molecule has 0 saturated carbocycles. The lowest BCUT2D eigenvalue weighted by Gasteiger charge is -2.31. The van der Waals surface area contributed by atoms with Crippen molar-refractivity contribution in [1.82, 2.24) is 10.2 Å². The van der Waals surface area contributed by atoms with Crippen LogP contribution in [-0.2, 0) is 32.6 Å². The SMILES string of the molecule is CCOc1ccccc1N(CCCC(=O)N(Cc1ccccc1F)[C@H](Cc1ccccc1)C(=O)NC)S(C)(=O)=O. The van der Waals surface area contributed by atoms with E-state index in [0.717, 1.165) is 11.8 Å². The number of hydrogen-bond donors (Lipinski definition) is 1. The molecule has 0 saturated heterocycles. The minimum Gasteiger partial charge on any atom is -0.492 e. The Hall–Kier alpha value is -3.92. The largest absolute Gasteiger partial charge is 0.492 e. The Morgan fingerprint density at radius 2 is 1.62 bits per heavy atom. The van der Waals surface area contributed by atoms with Crippen molar-refractivity contribution in [1.29, 1.82) is 0 Å². The standard InChI is InChI=1S/C30H36FN3O5S/c1-4-39-28-18-11-10-17-26(28)34(40(3,37)38)20-12-19-29(35)33(22-24-15-8-9-16-25(24)31)27(30(36)32-2)21-23-13-6-5-7-14-23/h5-11,13-18,27H,4,12,19-22H2,1-3H3,(H,32,36)/t27-/m1/s1. The minimum atomic E-state index is -3.69. The third kappa shape index (κ3) is 8.29. The Labute approximate surface area is 235 Å². The molecule has 214 valence electrons. The maximum absolute atomic E-state index is 14.6. The topological polar surface area (TPSA) is 96.0 Å². The van der Waals surface area contributed by atoms with Crippen molar-refractivity contribution in [2.45, 2.75) is 38.8 Å². The monoisotopic (exact) mass is 569 g/mol. The van der Waals surface area contributed by atoms with Crippen molar-refractivity contribution in [3.63, 3.8) is 0 Å². The van der Waals surface area contributed by atoms with Crippen LogP contribution >= 0.6 is 0 Å². The Kier molecular flexibility index (Phi) is 11.1. The quantitative estimate of drug-likeness (QED) is 0.315. The van der Waals surface area contributed by atoms with Crippen LogP contribution in [0.3, 0.4) is 0 Å². The highest BCUT2D eigenvalue weighted by Gasteiger charge is 2.30. The van der Waals surface area contributed by atoms with Crippen LogP contribution in [0.1, 0.15) is 30.9 Å². The fraction of sp³-hybridized carbons (Fsp3) is 0.333. The number of rotatable bonds is 14. The number of likely N-dealkylation sites (N-methyl/N-ethyl adjacent to an activating group) is 1. The second-order valence-electron chi connectivity index (χ2n) is 9.27. The summed E-state index contributed by atoms with van der Waals surface area (Å²) >= 11 is 0. The molecule has 3 aromatic rings. The number of sulfonamides is 1. The van der Waals surface area contributed by atoms with Crippen molar-refractivity contribution >= 4 is 27.5 Å². The average molecular weight is 570 g/mol. The summed E-state index contributed by atoms with van der Waals surface area (Å²) in [6, 6.07) is 21.3. The predicted molar refractivity (Wildman–Crippen MR) is 154 cm³/mol. The molecule has 0 aliphatic rings. The molecule has 0 spiro atoms. The number of carbonyl (C=O) groups excluding carboxylic acids is 2. The van der Waals surface area contributed by atoms with E-state index < -0.39 is 21.9 Å². The van der Waals surface area contributed by atoms with Gasteiger partial charge in [-0.25, -0.2) is 12.8 Å². The smallest absolute Gasteiger partial charge is 0.242 e. The summed E-state index contributed by atoms with van der Waals surface area (Å²) in [6.07, 6.45) is 1.45. The lowest BCUT2D eigenvalue weighted by Crippen LogP contribution is -2.50. The summed E-state index contributed by atoms with van der Waals surface area (Å²) in [5.41, 5.74) is 1.51. The van der Waals surface area contributed by atoms with E-state index in [4.69, 9.17) is 4.74 Å². The summed E-state index contributed by atoms with van der Waals surface area (Å²) in [5.74, 6) is -0.826. The van der Waals surface area contributed by atoms with Crippen molar-refractivity contribution in [3.8, 4) is 5.75 Å². The predicted octanol–water partition coefficient (Wildman–Crippen LogP) is 4.16. The van der Waals surface area contributed by atoms with E-state index in [2.05, 4.69) is 5.32 Å². The normalized spacial score (nSPS) is 11.9. The van der Waals surface area contributed by atoms with Gasteiger partial charge in [-0.15, -0.1) is 0 Å². The molecule has 0 aliphatic heterocycles. The van der Waals surface area contributed by atoms with Gasteiger partial charge in [0.1, 0.15) is 17.6 Å². The lowest BCUT2D eigenvalue weighted by atomic mass is 10.0. The number of para-hydroxylation sites is 2. The maximum atomic E-state index is 14.6. The molecule has 0 bridgehead atoms. The Balaban J connectivity index is 1.87. The second kappa shape index (κ2) is 14.5. The van der Waals surface area contributed by atoms with Gasteiger partial charge in [0, 0.05) is 38.5 Å². The summed E-state index contributed by atoms with van der Waals surface area (Å²) in [6.45, 7) is 2.08. The van der Waals surface area contributed by atoms with Gasteiger partial charge in [0.25, 0.3) is 0 Å². The first-order chi connectivity index (χ1) is 19.2. The van der Waals surface area contributed by atoms with Crippen LogP contribution in [0.4, 0.5) is 10.1 Å². The molecule has 1 atom stereocenters. The van der Waals surface area contributed by atoms with Crippen LogP contribution in [0.15, 0.2) is 78.9 Å². The number of amides is 2. The van der Waals surface area contributed by atoms with Gasteiger partial charge in [0.2, 0.25) is 21.8 Å². The molecule has 3 aromatic carbocycles. The molecule has 0 heterocycles. The zero-order valence-electron chi connectivity index (χ0n) is 23.0. The van der Waals surface area contributed by atoms with E-state index in [1.165, 1.54) is 22.3 Å². The number of halogens is 1. The number of nitrogens with zero attached hydrogens (tertiary/aromatic N) is 2. The first-order valence-corrected chi connectivity index (χ1v) is 15.0. The zero-order chi connectivity index (χ0) is 29.1. The van der Waals surface area contributed by atoms with E-state index >= 15 is 0 Å². The van der Waals surface area contributed by atoms with E-state index in [1.807, 2.05) is 37.3 Å². The van der Waals surface area contributed by atoms with Crippen LogP contribution in [0.25, 0.3) is 0 Å². The highest BCUT2D eigenvalue weighted by molar-refractivity contribution is 7.92. The third-order valence-electron chi connectivity index (χ3n) is 6.40. The zero-order valence-corrected chi connectivity index (χ0v) is 23.9. The van der Waals surface area contributed by atoms with Gasteiger partial charge in [0.15, 0.2) is 0 Å².